The van der Waals surface area contributed by atoms with Crippen molar-refractivity contribution < 1.29 is 4.79 Å². The van der Waals surface area contributed by atoms with Crippen molar-refractivity contribution >= 4 is 33.7 Å². The third-order valence-electron chi connectivity index (χ3n) is 3.26. The lowest BCUT2D eigenvalue weighted by molar-refractivity contribution is 0.100. The smallest absolute Gasteiger partial charge is 0.250 e. The summed E-state index contributed by atoms with van der Waals surface area (Å²) >= 11 is 0. The molecule has 0 bridgehead atoms. The van der Waals surface area contributed by atoms with Crippen molar-refractivity contribution in [1.29, 1.82) is 0 Å². The number of primary amides is 1. The highest BCUT2D eigenvalue weighted by Crippen LogP contribution is 2.28. The predicted molar refractivity (Wildman–Crippen MR) is 84.4 cm³/mol. The number of nitrogen functional groups attached to an aromatic ring is 1. The number of nitrogens with one attached hydrogen (secondary N) is 1. The minimum absolute atomic E-state index is 0.357. The van der Waals surface area contributed by atoms with E-state index in [-0.39, 0.29) is 0 Å². The van der Waals surface area contributed by atoms with E-state index in [4.69, 9.17) is 11.5 Å². The Hall–Kier alpha value is -3.08. The number of rotatable bonds is 3. The van der Waals surface area contributed by atoms with Crippen LogP contribution in [0.4, 0.5) is 17.1 Å². The molecule has 0 aliphatic heterocycles. The first-order valence-corrected chi connectivity index (χ1v) is 6.44. The number of hydrogen-bond donors (Lipinski definition) is 3. The van der Waals surface area contributed by atoms with Crippen molar-refractivity contribution in [3.8, 4) is 0 Å². The molecule has 0 spiro atoms. The quantitative estimate of drug-likeness (QED) is 0.642. The van der Waals surface area contributed by atoms with Crippen molar-refractivity contribution in [2.45, 2.75) is 0 Å². The van der Waals surface area contributed by atoms with Crippen molar-refractivity contribution in [2.75, 3.05) is 11.1 Å². The maximum absolute atomic E-state index is 11.5. The Morgan fingerprint density at radius 2 is 1.95 bits per heavy atom. The summed E-state index contributed by atoms with van der Waals surface area (Å²) in [6.45, 7) is 0. The maximum atomic E-state index is 11.5. The fourth-order valence-electron chi connectivity index (χ4n) is 2.24. The first-order chi connectivity index (χ1) is 10.1. The molecule has 2 aromatic carbocycles. The summed E-state index contributed by atoms with van der Waals surface area (Å²) in [5.41, 5.74) is 13.4. The normalized spacial score (nSPS) is 10.5. The molecule has 1 aromatic heterocycles. The van der Waals surface area contributed by atoms with Gasteiger partial charge in [-0.05, 0) is 35.7 Å². The average Bonchev–Trinajstić information content (AvgIpc) is 2.49. The molecule has 0 aliphatic rings. The summed E-state index contributed by atoms with van der Waals surface area (Å²) in [4.78, 5) is 15.7. The van der Waals surface area contributed by atoms with E-state index < -0.39 is 5.91 Å². The summed E-state index contributed by atoms with van der Waals surface area (Å²) in [6, 6.07) is 12.8. The highest BCUT2D eigenvalue weighted by atomic mass is 16.1. The number of fused-ring (bicyclic) bond motifs is 1. The Balaban J connectivity index is 2.09. The number of carbonyl (C=O) groups is 1. The van der Waals surface area contributed by atoms with E-state index in [1.165, 1.54) is 0 Å². The third kappa shape index (κ3) is 2.49. The van der Waals surface area contributed by atoms with Crippen LogP contribution in [0.1, 0.15) is 10.4 Å². The van der Waals surface area contributed by atoms with Crippen LogP contribution in [0.25, 0.3) is 10.8 Å². The molecule has 0 fully saturated rings. The van der Waals surface area contributed by atoms with Crippen molar-refractivity contribution in [1.82, 2.24) is 4.98 Å². The van der Waals surface area contributed by atoms with E-state index in [1.807, 2.05) is 24.3 Å². The molecule has 104 valence electrons. The first kappa shape index (κ1) is 12.9. The predicted octanol–water partition coefficient (Wildman–Crippen LogP) is 2.66. The van der Waals surface area contributed by atoms with Crippen molar-refractivity contribution in [2.24, 2.45) is 5.73 Å². The first-order valence-electron chi connectivity index (χ1n) is 6.44. The molecule has 1 amide bonds. The second-order valence-electron chi connectivity index (χ2n) is 4.70. The number of anilines is 3. The summed E-state index contributed by atoms with van der Waals surface area (Å²) in [7, 11) is 0. The van der Waals surface area contributed by atoms with Crippen LogP contribution < -0.4 is 16.8 Å². The molecule has 5 N–H and O–H groups in total. The van der Waals surface area contributed by atoms with Crippen LogP contribution in [-0.2, 0) is 0 Å². The summed E-state index contributed by atoms with van der Waals surface area (Å²) in [5, 5.41) is 5.25. The average molecular weight is 278 g/mol. The summed E-state index contributed by atoms with van der Waals surface area (Å²) < 4.78 is 0. The SMILES string of the molecule is NC(=O)c1cc(N)ccc1Nc1cccc2ccncc12. The van der Waals surface area contributed by atoms with Gasteiger partial charge in [-0.2, -0.15) is 0 Å². The third-order valence-corrected chi connectivity index (χ3v) is 3.26. The van der Waals surface area contributed by atoms with Crippen LogP contribution in [0.5, 0.6) is 0 Å². The number of amides is 1. The van der Waals surface area contributed by atoms with Crippen LogP contribution in [-0.4, -0.2) is 10.9 Å². The van der Waals surface area contributed by atoms with Gasteiger partial charge in [-0.3, -0.25) is 9.78 Å². The van der Waals surface area contributed by atoms with Gasteiger partial charge in [0.2, 0.25) is 0 Å². The fourth-order valence-corrected chi connectivity index (χ4v) is 2.24. The van der Waals surface area contributed by atoms with Gasteiger partial charge in [-0.15, -0.1) is 0 Å². The molecule has 0 saturated carbocycles. The van der Waals surface area contributed by atoms with Crippen LogP contribution >= 0.6 is 0 Å². The fraction of sp³-hybridized carbons (Fsp3) is 0. The molecule has 0 saturated heterocycles. The second-order valence-corrected chi connectivity index (χ2v) is 4.70. The standard InChI is InChI=1S/C16H14N4O/c17-11-4-5-15(12(8-11)16(18)21)20-14-3-1-2-10-6-7-19-9-13(10)14/h1-9,20H,17H2,(H2,18,21). The van der Waals surface area contributed by atoms with Gasteiger partial charge in [-0.25, -0.2) is 0 Å². The Morgan fingerprint density at radius 3 is 2.76 bits per heavy atom. The molecule has 5 heteroatoms. The van der Waals surface area contributed by atoms with Gasteiger partial charge >= 0.3 is 0 Å². The number of nitrogens with two attached hydrogens (primary N) is 2. The molecule has 21 heavy (non-hydrogen) atoms. The van der Waals surface area contributed by atoms with E-state index in [1.54, 1.807) is 30.6 Å². The lowest BCUT2D eigenvalue weighted by Gasteiger charge is -2.12. The molecular weight excluding hydrogens is 264 g/mol. The van der Waals surface area contributed by atoms with Gasteiger partial charge in [0.25, 0.3) is 5.91 Å². The van der Waals surface area contributed by atoms with Gasteiger partial charge in [0.15, 0.2) is 0 Å². The molecule has 3 aromatic rings. The van der Waals surface area contributed by atoms with Crippen LogP contribution in [0, 0.1) is 0 Å². The number of hydrogen-bond acceptors (Lipinski definition) is 4. The van der Waals surface area contributed by atoms with Gasteiger partial charge in [-0.1, -0.05) is 12.1 Å². The maximum Gasteiger partial charge on any atom is 0.250 e. The second kappa shape index (κ2) is 5.13. The highest BCUT2D eigenvalue weighted by Gasteiger charge is 2.10. The lowest BCUT2D eigenvalue weighted by Crippen LogP contribution is -2.13. The van der Waals surface area contributed by atoms with Gasteiger partial charge in [0.1, 0.15) is 0 Å². The zero-order valence-corrected chi connectivity index (χ0v) is 11.2. The topological polar surface area (TPSA) is 94.0 Å². The van der Waals surface area contributed by atoms with E-state index in [0.29, 0.717) is 16.9 Å². The van der Waals surface area contributed by atoms with Gasteiger partial charge in [0.05, 0.1) is 11.3 Å². The molecule has 0 radical (unpaired) electrons. The minimum Gasteiger partial charge on any atom is -0.399 e. The summed E-state index contributed by atoms with van der Waals surface area (Å²) in [5.74, 6) is -0.525. The highest BCUT2D eigenvalue weighted by molar-refractivity contribution is 6.02. The molecule has 0 atom stereocenters. The number of nitrogens with zero attached hydrogens (tertiary/aromatic N) is 1. The lowest BCUT2D eigenvalue weighted by atomic mass is 10.1. The number of aromatic nitrogens is 1. The van der Waals surface area contributed by atoms with E-state index in [9.17, 15) is 4.79 Å². The van der Waals surface area contributed by atoms with E-state index in [0.717, 1.165) is 16.5 Å². The van der Waals surface area contributed by atoms with Gasteiger partial charge in [0, 0.05) is 29.2 Å². The monoisotopic (exact) mass is 278 g/mol. The number of carbonyl (C=O) groups excluding carboxylic acids is 1. The minimum atomic E-state index is -0.525. The molecule has 0 unspecified atom stereocenters. The van der Waals surface area contributed by atoms with Gasteiger partial charge < -0.3 is 16.8 Å². The van der Waals surface area contributed by atoms with Crippen LogP contribution in [0.2, 0.25) is 0 Å². The van der Waals surface area contributed by atoms with E-state index in [2.05, 4.69) is 10.3 Å². The largest absolute Gasteiger partial charge is 0.399 e. The molecular formula is C16H14N4O. The Kier molecular flexibility index (Phi) is 3.16. The zero-order chi connectivity index (χ0) is 14.8. The Morgan fingerprint density at radius 1 is 1.10 bits per heavy atom. The van der Waals surface area contributed by atoms with Crippen molar-refractivity contribution in [3.63, 3.8) is 0 Å². The van der Waals surface area contributed by atoms with Crippen LogP contribution in [0.15, 0.2) is 54.9 Å². The number of benzene rings is 2. The van der Waals surface area contributed by atoms with Crippen molar-refractivity contribution in [3.05, 3.63) is 60.4 Å². The Bertz CT molecular complexity index is 824. The summed E-state index contributed by atoms with van der Waals surface area (Å²) in [6.07, 6.45) is 3.52. The molecule has 0 aliphatic carbocycles. The Labute approximate surface area is 121 Å². The molecule has 5 nitrogen and oxygen atoms in total. The molecule has 1 heterocycles. The van der Waals surface area contributed by atoms with Crippen LogP contribution in [0.3, 0.4) is 0 Å². The zero-order valence-electron chi connectivity index (χ0n) is 11.2. The number of pyridine rings is 1. The molecule has 3 rings (SSSR count). The van der Waals surface area contributed by atoms with E-state index >= 15 is 0 Å².